The Morgan fingerprint density at radius 2 is 2.25 bits per heavy atom. The summed E-state index contributed by atoms with van der Waals surface area (Å²) in [6, 6.07) is 0. The number of thiophene rings is 1. The highest BCUT2D eigenvalue weighted by atomic mass is 32.1. The molecule has 0 saturated heterocycles. The first-order chi connectivity index (χ1) is 7.47. The zero-order chi connectivity index (χ0) is 12.3. The standard InChI is InChI=1S/C11H15NO3S/c1-5-15-11(14)9-7(2)16-8(10(9)13)6-12(3)4/h6,13H,2,5H2,1,3-4H3/b8-6-. The number of aromatic hydroxyl groups is 1. The van der Waals surface area contributed by atoms with Crippen LogP contribution in [0.5, 0.6) is 5.75 Å². The minimum absolute atomic E-state index is 0.0536. The van der Waals surface area contributed by atoms with E-state index in [1.165, 1.54) is 11.3 Å². The third-order valence-corrected chi connectivity index (χ3v) is 2.81. The lowest BCUT2D eigenvalue weighted by atomic mass is 10.3. The maximum Gasteiger partial charge on any atom is 0.343 e. The summed E-state index contributed by atoms with van der Waals surface area (Å²) in [6.07, 6.45) is 1.73. The zero-order valence-corrected chi connectivity index (χ0v) is 10.4. The summed E-state index contributed by atoms with van der Waals surface area (Å²) in [4.78, 5) is 13.3. The monoisotopic (exact) mass is 241 g/mol. The van der Waals surface area contributed by atoms with E-state index in [1.807, 2.05) is 14.1 Å². The molecule has 0 bridgehead atoms. The van der Waals surface area contributed by atoms with Crippen molar-refractivity contribution in [2.75, 3.05) is 20.7 Å². The van der Waals surface area contributed by atoms with Gasteiger partial charge in [0.25, 0.3) is 0 Å². The Balaban J connectivity index is 3.28. The summed E-state index contributed by atoms with van der Waals surface area (Å²) in [7, 11) is 3.68. The molecule has 0 atom stereocenters. The van der Waals surface area contributed by atoms with Crippen molar-refractivity contribution >= 4 is 30.1 Å². The van der Waals surface area contributed by atoms with Crippen molar-refractivity contribution in [3.8, 4) is 5.75 Å². The molecule has 0 spiro atoms. The Labute approximate surface area is 98.1 Å². The van der Waals surface area contributed by atoms with Crippen LogP contribution in [0.25, 0.3) is 12.8 Å². The van der Waals surface area contributed by atoms with Crippen LogP contribution in [0.4, 0.5) is 0 Å². The number of carbonyl (C=O) groups excluding carboxylic acids is 1. The van der Waals surface area contributed by atoms with Crippen LogP contribution in [0.1, 0.15) is 17.3 Å². The molecule has 1 N–H and O–H groups in total. The van der Waals surface area contributed by atoms with Gasteiger partial charge in [0.05, 0.1) is 11.1 Å². The highest BCUT2D eigenvalue weighted by molar-refractivity contribution is 7.08. The summed E-state index contributed by atoms with van der Waals surface area (Å²) in [5.74, 6) is -0.582. The molecule has 0 aliphatic rings. The Morgan fingerprint density at radius 1 is 1.62 bits per heavy atom. The van der Waals surface area contributed by atoms with Crippen LogP contribution in [0.15, 0.2) is 0 Å². The maximum atomic E-state index is 11.5. The van der Waals surface area contributed by atoms with Gasteiger partial charge in [-0.25, -0.2) is 4.79 Å². The second kappa shape index (κ2) is 5.03. The topological polar surface area (TPSA) is 49.8 Å². The predicted octanol–water partition coefficient (Wildman–Crippen LogP) is 0.340. The van der Waals surface area contributed by atoms with Crippen LogP contribution in [-0.2, 0) is 4.74 Å². The van der Waals surface area contributed by atoms with Crippen molar-refractivity contribution in [3.63, 3.8) is 0 Å². The molecule has 0 aliphatic carbocycles. The highest BCUT2D eigenvalue weighted by Crippen LogP contribution is 2.11. The van der Waals surface area contributed by atoms with Crippen molar-refractivity contribution in [3.05, 3.63) is 14.6 Å². The SMILES string of the molecule is C=c1s/c(=C\N(C)C)c(O)c1C(=O)OCC. The molecule has 1 aromatic heterocycles. The molecule has 0 aliphatic heterocycles. The smallest absolute Gasteiger partial charge is 0.343 e. The molecule has 0 aromatic carbocycles. The van der Waals surface area contributed by atoms with Gasteiger partial charge in [-0.15, -0.1) is 11.3 Å². The van der Waals surface area contributed by atoms with Crippen molar-refractivity contribution in [2.45, 2.75) is 6.92 Å². The van der Waals surface area contributed by atoms with Crippen LogP contribution < -0.4 is 9.06 Å². The van der Waals surface area contributed by atoms with E-state index in [1.54, 1.807) is 18.0 Å². The summed E-state index contributed by atoms with van der Waals surface area (Å²) < 4.78 is 5.98. The van der Waals surface area contributed by atoms with E-state index in [-0.39, 0.29) is 17.9 Å². The number of hydrogen-bond donors (Lipinski definition) is 1. The van der Waals surface area contributed by atoms with Crippen LogP contribution in [-0.4, -0.2) is 36.7 Å². The second-order valence-corrected chi connectivity index (χ2v) is 4.56. The molecule has 0 saturated carbocycles. The van der Waals surface area contributed by atoms with Gasteiger partial charge in [0.2, 0.25) is 0 Å². The molecule has 88 valence electrons. The summed E-state index contributed by atoms with van der Waals surface area (Å²) in [6.45, 7) is 5.73. The first-order valence-electron chi connectivity index (χ1n) is 4.83. The van der Waals surface area contributed by atoms with Crippen LogP contribution in [0.2, 0.25) is 0 Å². The van der Waals surface area contributed by atoms with Crippen LogP contribution in [0, 0.1) is 0 Å². The van der Waals surface area contributed by atoms with E-state index in [0.717, 1.165) is 0 Å². The van der Waals surface area contributed by atoms with Crippen LogP contribution >= 0.6 is 11.3 Å². The Bertz CT molecular complexity index is 490. The molecule has 0 unspecified atom stereocenters. The minimum Gasteiger partial charge on any atom is -0.505 e. The van der Waals surface area contributed by atoms with Crippen LogP contribution in [0.3, 0.4) is 0 Å². The first-order valence-corrected chi connectivity index (χ1v) is 5.65. The van der Waals surface area contributed by atoms with Gasteiger partial charge in [0.1, 0.15) is 11.3 Å². The predicted molar refractivity (Wildman–Crippen MR) is 64.9 cm³/mol. The van der Waals surface area contributed by atoms with Gasteiger partial charge in [-0.3, -0.25) is 0 Å². The molecule has 4 nitrogen and oxygen atoms in total. The molecule has 0 fully saturated rings. The van der Waals surface area contributed by atoms with Gasteiger partial charge in [-0.2, -0.15) is 0 Å². The van der Waals surface area contributed by atoms with E-state index in [2.05, 4.69) is 6.58 Å². The fraction of sp³-hybridized carbons (Fsp3) is 0.364. The van der Waals surface area contributed by atoms with E-state index in [4.69, 9.17) is 4.74 Å². The first kappa shape index (κ1) is 12.6. The van der Waals surface area contributed by atoms with Gasteiger partial charge in [-0.05, 0) is 6.92 Å². The molecular formula is C11H15NO3S. The molecule has 5 heteroatoms. The van der Waals surface area contributed by atoms with E-state index < -0.39 is 5.97 Å². The van der Waals surface area contributed by atoms with Crippen molar-refractivity contribution < 1.29 is 14.6 Å². The van der Waals surface area contributed by atoms with Crippen molar-refractivity contribution in [1.29, 1.82) is 0 Å². The molecule has 1 rings (SSSR count). The quantitative estimate of drug-likeness (QED) is 0.775. The van der Waals surface area contributed by atoms with Gasteiger partial charge in [-0.1, -0.05) is 6.58 Å². The number of ether oxygens (including phenoxy) is 1. The third-order valence-electron chi connectivity index (χ3n) is 1.84. The van der Waals surface area contributed by atoms with Gasteiger partial charge >= 0.3 is 5.97 Å². The van der Waals surface area contributed by atoms with Crippen molar-refractivity contribution in [2.24, 2.45) is 0 Å². The summed E-state index contributed by atoms with van der Waals surface area (Å²) in [5, 5.41) is 9.87. The molecule has 16 heavy (non-hydrogen) atoms. The highest BCUT2D eigenvalue weighted by Gasteiger charge is 2.17. The average molecular weight is 241 g/mol. The number of hydrogen-bond acceptors (Lipinski definition) is 5. The fourth-order valence-corrected chi connectivity index (χ4v) is 2.23. The molecule has 0 radical (unpaired) electrons. The number of nitrogens with zero attached hydrogens (tertiary/aromatic N) is 1. The van der Waals surface area contributed by atoms with Gasteiger partial charge < -0.3 is 14.7 Å². The normalized spacial score (nSPS) is 11.6. The second-order valence-electron chi connectivity index (χ2n) is 3.43. The molecule has 1 aromatic rings. The third kappa shape index (κ3) is 2.55. The number of rotatable bonds is 3. The Hall–Kier alpha value is -1.49. The maximum absolute atomic E-state index is 11.5. The molecule has 0 amide bonds. The lowest BCUT2D eigenvalue weighted by Crippen LogP contribution is -2.12. The minimum atomic E-state index is -0.528. The number of carbonyl (C=O) groups is 1. The lowest BCUT2D eigenvalue weighted by Gasteiger charge is -2.02. The van der Waals surface area contributed by atoms with E-state index in [0.29, 0.717) is 9.06 Å². The Morgan fingerprint density at radius 3 is 2.75 bits per heavy atom. The Kier molecular flexibility index (Phi) is 3.95. The fourth-order valence-electron chi connectivity index (χ4n) is 1.22. The lowest BCUT2D eigenvalue weighted by molar-refractivity contribution is 0.0522. The van der Waals surface area contributed by atoms with Gasteiger partial charge in [0.15, 0.2) is 0 Å². The molecular weight excluding hydrogens is 226 g/mol. The van der Waals surface area contributed by atoms with E-state index >= 15 is 0 Å². The summed E-state index contributed by atoms with van der Waals surface area (Å²) >= 11 is 1.26. The summed E-state index contributed by atoms with van der Waals surface area (Å²) in [5.41, 5.74) is 0.167. The van der Waals surface area contributed by atoms with E-state index in [9.17, 15) is 9.90 Å². The average Bonchev–Trinajstić information content (AvgIpc) is 2.41. The molecule has 1 heterocycles. The van der Waals surface area contributed by atoms with Crippen molar-refractivity contribution in [1.82, 2.24) is 4.90 Å². The van der Waals surface area contributed by atoms with Gasteiger partial charge in [0, 0.05) is 24.8 Å². The number of esters is 1. The largest absolute Gasteiger partial charge is 0.505 e. The zero-order valence-electron chi connectivity index (χ0n) is 9.61.